The Morgan fingerprint density at radius 3 is 2.66 bits per heavy atom. The second-order valence-corrected chi connectivity index (χ2v) is 7.58. The lowest BCUT2D eigenvalue weighted by Crippen LogP contribution is -2.50. The van der Waals surface area contributed by atoms with Crippen LogP contribution in [-0.2, 0) is 11.8 Å². The van der Waals surface area contributed by atoms with Gasteiger partial charge in [0.15, 0.2) is 5.65 Å². The number of benzene rings is 1. The maximum Gasteiger partial charge on any atom is 0.234 e. The number of anilines is 1. The zero-order valence-electron chi connectivity index (χ0n) is 17.0. The summed E-state index contributed by atoms with van der Waals surface area (Å²) in [6.07, 6.45) is 3.41. The van der Waals surface area contributed by atoms with Gasteiger partial charge in [0.2, 0.25) is 5.91 Å². The van der Waals surface area contributed by atoms with E-state index in [1.165, 1.54) is 5.56 Å². The van der Waals surface area contributed by atoms with Gasteiger partial charge >= 0.3 is 0 Å². The molecule has 0 radical (unpaired) electrons. The zero-order valence-corrected chi connectivity index (χ0v) is 17.0. The summed E-state index contributed by atoms with van der Waals surface area (Å²) in [5, 5.41) is 8.33. The van der Waals surface area contributed by atoms with Crippen molar-refractivity contribution in [3.63, 3.8) is 0 Å². The molecular weight excluding hydrogens is 366 g/mol. The molecule has 29 heavy (non-hydrogen) atoms. The minimum atomic E-state index is 0.0814. The number of fused-ring (bicyclic) bond motifs is 1. The number of nitrogens with zero attached hydrogens (tertiary/aromatic N) is 6. The van der Waals surface area contributed by atoms with Gasteiger partial charge in [-0.1, -0.05) is 37.3 Å². The molecule has 152 valence electrons. The molecule has 1 atom stereocenters. The van der Waals surface area contributed by atoms with Crippen LogP contribution in [0, 0.1) is 0 Å². The first-order valence-corrected chi connectivity index (χ1v) is 10.0. The first-order valence-electron chi connectivity index (χ1n) is 10.0. The Kier molecular flexibility index (Phi) is 5.71. The largest absolute Gasteiger partial charge is 0.354 e. The number of aryl methyl sites for hydroxylation is 1. The second kappa shape index (κ2) is 8.57. The molecule has 8 heteroatoms. The summed E-state index contributed by atoms with van der Waals surface area (Å²) >= 11 is 0. The van der Waals surface area contributed by atoms with E-state index in [0.29, 0.717) is 19.0 Å². The van der Waals surface area contributed by atoms with E-state index in [4.69, 9.17) is 0 Å². The number of hydrogen-bond acceptors (Lipinski definition) is 6. The van der Waals surface area contributed by atoms with Crippen molar-refractivity contribution in [2.24, 2.45) is 7.05 Å². The van der Waals surface area contributed by atoms with E-state index in [-0.39, 0.29) is 5.91 Å². The molecule has 1 N–H and O–H groups in total. The van der Waals surface area contributed by atoms with Crippen LogP contribution in [0.15, 0.2) is 42.9 Å². The van der Waals surface area contributed by atoms with Crippen LogP contribution in [-0.4, -0.2) is 69.8 Å². The molecule has 2 aromatic heterocycles. The molecule has 1 saturated heterocycles. The molecule has 3 aromatic rings. The van der Waals surface area contributed by atoms with Gasteiger partial charge in [-0.25, -0.2) is 9.97 Å². The number of carbonyl (C=O) groups excluding carboxylic acids is 1. The number of amides is 1. The summed E-state index contributed by atoms with van der Waals surface area (Å²) in [6.45, 7) is 6.53. The summed E-state index contributed by atoms with van der Waals surface area (Å²) in [5.41, 5.74) is 2.08. The van der Waals surface area contributed by atoms with E-state index >= 15 is 0 Å². The summed E-state index contributed by atoms with van der Waals surface area (Å²) < 4.78 is 1.76. The third-order valence-corrected chi connectivity index (χ3v) is 5.52. The highest BCUT2D eigenvalue weighted by atomic mass is 16.2. The number of nitrogens with one attached hydrogen (secondary N) is 1. The predicted molar refractivity (Wildman–Crippen MR) is 113 cm³/mol. The normalized spacial score (nSPS) is 16.1. The molecule has 1 fully saturated rings. The number of aromatic nitrogens is 4. The van der Waals surface area contributed by atoms with Gasteiger partial charge in [0.05, 0.1) is 18.1 Å². The lowest BCUT2D eigenvalue weighted by Gasteiger charge is -2.35. The molecule has 0 spiro atoms. The smallest absolute Gasteiger partial charge is 0.234 e. The van der Waals surface area contributed by atoms with Crippen molar-refractivity contribution in [1.29, 1.82) is 0 Å². The summed E-state index contributed by atoms with van der Waals surface area (Å²) in [4.78, 5) is 25.6. The fraction of sp³-hybridized carbons (Fsp3) is 0.429. The number of hydrogen-bond donors (Lipinski definition) is 1. The van der Waals surface area contributed by atoms with E-state index in [1.807, 2.05) is 31.4 Å². The van der Waals surface area contributed by atoms with Gasteiger partial charge in [-0.15, -0.1) is 0 Å². The third kappa shape index (κ3) is 4.37. The molecule has 1 amide bonds. The SMILES string of the molecule is CC(CNC(=O)CN1CCN(c2ncnc3c2cnn3C)CC1)c1ccccc1. The average molecular weight is 393 g/mol. The van der Waals surface area contributed by atoms with Crippen molar-refractivity contribution in [1.82, 2.24) is 30.0 Å². The first kappa shape index (κ1) is 19.3. The van der Waals surface area contributed by atoms with Crippen LogP contribution >= 0.6 is 0 Å². The van der Waals surface area contributed by atoms with Crippen LogP contribution in [0.25, 0.3) is 11.0 Å². The van der Waals surface area contributed by atoms with Gasteiger partial charge in [-0.3, -0.25) is 14.4 Å². The highest BCUT2D eigenvalue weighted by Crippen LogP contribution is 2.23. The number of rotatable bonds is 6. The molecule has 8 nitrogen and oxygen atoms in total. The van der Waals surface area contributed by atoms with E-state index in [1.54, 1.807) is 11.0 Å². The maximum absolute atomic E-state index is 12.4. The quantitative estimate of drug-likeness (QED) is 0.682. The fourth-order valence-corrected chi connectivity index (χ4v) is 3.74. The Labute approximate surface area is 170 Å². The van der Waals surface area contributed by atoms with Crippen molar-refractivity contribution >= 4 is 22.8 Å². The van der Waals surface area contributed by atoms with Crippen molar-refractivity contribution in [2.75, 3.05) is 44.2 Å². The predicted octanol–water partition coefficient (Wildman–Crippen LogP) is 1.41. The van der Waals surface area contributed by atoms with Gasteiger partial charge in [-0.05, 0) is 11.5 Å². The van der Waals surface area contributed by atoms with E-state index < -0.39 is 0 Å². The molecular formula is C21H27N7O. The van der Waals surface area contributed by atoms with Gasteiger partial charge in [0, 0.05) is 39.8 Å². The lowest BCUT2D eigenvalue weighted by atomic mass is 10.0. The van der Waals surface area contributed by atoms with Gasteiger partial charge in [-0.2, -0.15) is 5.10 Å². The molecule has 4 rings (SSSR count). The molecule has 3 heterocycles. The third-order valence-electron chi connectivity index (χ3n) is 5.52. The highest BCUT2D eigenvalue weighted by Gasteiger charge is 2.22. The highest BCUT2D eigenvalue weighted by molar-refractivity contribution is 5.86. The monoisotopic (exact) mass is 393 g/mol. The number of piperazine rings is 1. The topological polar surface area (TPSA) is 79.2 Å². The van der Waals surface area contributed by atoms with Crippen LogP contribution in [0.3, 0.4) is 0 Å². The molecule has 1 aliphatic heterocycles. The summed E-state index contributed by atoms with van der Waals surface area (Å²) in [7, 11) is 1.88. The van der Waals surface area contributed by atoms with Gasteiger partial charge < -0.3 is 10.2 Å². The average Bonchev–Trinajstić information content (AvgIpc) is 3.14. The molecule has 1 aliphatic rings. The van der Waals surface area contributed by atoms with Crippen LogP contribution in [0.4, 0.5) is 5.82 Å². The van der Waals surface area contributed by atoms with Crippen molar-refractivity contribution in [2.45, 2.75) is 12.8 Å². The van der Waals surface area contributed by atoms with Gasteiger partial charge in [0.1, 0.15) is 12.1 Å². The molecule has 1 unspecified atom stereocenters. The van der Waals surface area contributed by atoms with Crippen molar-refractivity contribution in [3.8, 4) is 0 Å². The zero-order chi connectivity index (χ0) is 20.2. The lowest BCUT2D eigenvalue weighted by molar-refractivity contribution is -0.122. The van der Waals surface area contributed by atoms with Crippen molar-refractivity contribution in [3.05, 3.63) is 48.4 Å². The summed E-state index contributed by atoms with van der Waals surface area (Å²) in [5.74, 6) is 1.30. The fourth-order valence-electron chi connectivity index (χ4n) is 3.74. The van der Waals surface area contributed by atoms with E-state index in [9.17, 15) is 4.79 Å². The molecule has 0 saturated carbocycles. The van der Waals surface area contributed by atoms with Crippen molar-refractivity contribution < 1.29 is 4.79 Å². The maximum atomic E-state index is 12.4. The molecule has 1 aromatic carbocycles. The Hall–Kier alpha value is -3.00. The molecule has 0 aliphatic carbocycles. The standard InChI is InChI=1S/C21H27N7O/c1-16(17-6-4-3-5-7-17)12-22-19(29)14-27-8-10-28(11-9-27)21-18-13-25-26(2)20(18)23-15-24-21/h3-7,13,15-16H,8-12,14H2,1-2H3,(H,22,29). The molecule has 0 bridgehead atoms. The van der Waals surface area contributed by atoms with Crippen LogP contribution < -0.4 is 10.2 Å². The van der Waals surface area contributed by atoms with Crippen LogP contribution in [0.5, 0.6) is 0 Å². The first-order chi connectivity index (χ1) is 14.1. The van der Waals surface area contributed by atoms with Gasteiger partial charge in [0.25, 0.3) is 0 Å². The van der Waals surface area contributed by atoms with E-state index in [0.717, 1.165) is 43.0 Å². The second-order valence-electron chi connectivity index (χ2n) is 7.58. The minimum Gasteiger partial charge on any atom is -0.354 e. The Morgan fingerprint density at radius 2 is 1.90 bits per heavy atom. The van der Waals surface area contributed by atoms with E-state index in [2.05, 4.69) is 49.2 Å². The summed E-state index contributed by atoms with van der Waals surface area (Å²) in [6, 6.07) is 10.3. The minimum absolute atomic E-state index is 0.0814. The Bertz CT molecular complexity index is 964. The Balaban J connectivity index is 1.27. The Morgan fingerprint density at radius 1 is 1.14 bits per heavy atom. The van der Waals surface area contributed by atoms with Crippen LogP contribution in [0.2, 0.25) is 0 Å². The number of carbonyl (C=O) groups is 1. The van der Waals surface area contributed by atoms with Crippen LogP contribution in [0.1, 0.15) is 18.4 Å².